The fourth-order valence-electron chi connectivity index (χ4n) is 3.73. The van der Waals surface area contributed by atoms with E-state index in [0.717, 1.165) is 57.3 Å². The Morgan fingerprint density at radius 2 is 2.00 bits per heavy atom. The molecule has 3 aromatic heterocycles. The number of thiazole rings is 1. The Labute approximate surface area is 177 Å². The van der Waals surface area contributed by atoms with Gasteiger partial charge in [0, 0.05) is 23.0 Å². The monoisotopic (exact) mass is 416 g/mol. The smallest absolute Gasteiger partial charge is 0.180 e. The Morgan fingerprint density at radius 3 is 2.73 bits per heavy atom. The van der Waals surface area contributed by atoms with Gasteiger partial charge in [-0.15, -0.1) is 0 Å². The van der Waals surface area contributed by atoms with Crippen molar-refractivity contribution in [1.29, 1.82) is 0 Å². The van der Waals surface area contributed by atoms with Crippen molar-refractivity contribution in [2.24, 2.45) is 5.16 Å². The number of anilines is 1. The second-order valence-corrected chi connectivity index (χ2v) is 8.14. The van der Waals surface area contributed by atoms with Crippen LogP contribution in [0.15, 0.2) is 47.8 Å². The molecule has 1 aromatic carbocycles. The molecule has 0 spiro atoms. The van der Waals surface area contributed by atoms with Crippen molar-refractivity contribution in [2.45, 2.75) is 19.8 Å². The lowest BCUT2D eigenvalue weighted by Crippen LogP contribution is -2.06. The average Bonchev–Trinajstić information content (AvgIpc) is 3.33. The van der Waals surface area contributed by atoms with Gasteiger partial charge >= 0.3 is 0 Å². The minimum atomic E-state index is 0.588. The van der Waals surface area contributed by atoms with E-state index in [1.54, 1.807) is 6.21 Å². The first kappa shape index (κ1) is 18.5. The molecule has 1 aliphatic carbocycles. The van der Waals surface area contributed by atoms with Gasteiger partial charge in [-0.3, -0.25) is 4.98 Å². The summed E-state index contributed by atoms with van der Waals surface area (Å²) in [7, 11) is 1.53. The Morgan fingerprint density at radius 1 is 1.17 bits per heavy atom. The summed E-state index contributed by atoms with van der Waals surface area (Å²) in [6.45, 7) is 1.98. The van der Waals surface area contributed by atoms with Crippen LogP contribution in [0.2, 0.25) is 0 Å². The van der Waals surface area contributed by atoms with Crippen molar-refractivity contribution in [3.63, 3.8) is 0 Å². The zero-order valence-electron chi connectivity index (χ0n) is 16.7. The van der Waals surface area contributed by atoms with Crippen LogP contribution in [0.25, 0.3) is 27.5 Å². The number of nitrogens with zero attached hydrogens (tertiary/aromatic N) is 5. The Bertz CT molecular complexity index is 1240. The van der Waals surface area contributed by atoms with E-state index in [2.05, 4.69) is 21.2 Å². The number of nitrogens with two attached hydrogens (primary N) is 1. The molecule has 0 saturated carbocycles. The number of pyridine rings is 1. The SMILES string of the molecule is CON=Cc1ccc(-n2nc(-c3ccc(C)nc3)c3c2-c2sc(N)nc2CC3)cc1. The highest BCUT2D eigenvalue weighted by Gasteiger charge is 2.29. The van der Waals surface area contributed by atoms with Crippen molar-refractivity contribution >= 4 is 22.7 Å². The third kappa shape index (κ3) is 3.15. The predicted molar refractivity (Wildman–Crippen MR) is 119 cm³/mol. The second kappa shape index (κ2) is 7.38. The number of aryl methyl sites for hydroxylation is 2. The van der Waals surface area contributed by atoms with E-state index in [1.165, 1.54) is 24.0 Å². The number of rotatable bonds is 4. The molecule has 0 aliphatic heterocycles. The quantitative estimate of drug-likeness (QED) is 0.401. The molecule has 30 heavy (non-hydrogen) atoms. The first-order valence-electron chi connectivity index (χ1n) is 9.61. The number of hydrogen-bond donors (Lipinski definition) is 1. The number of hydrogen-bond acceptors (Lipinski definition) is 7. The van der Waals surface area contributed by atoms with E-state index in [1.807, 2.05) is 48.1 Å². The topological polar surface area (TPSA) is 91.2 Å². The van der Waals surface area contributed by atoms with Gasteiger partial charge in [0.1, 0.15) is 7.11 Å². The molecule has 0 bridgehead atoms. The molecule has 0 unspecified atom stereocenters. The van der Waals surface area contributed by atoms with Crippen molar-refractivity contribution in [3.05, 3.63) is 65.1 Å². The molecule has 1 aliphatic rings. The van der Waals surface area contributed by atoms with Crippen molar-refractivity contribution in [3.8, 4) is 27.5 Å². The van der Waals surface area contributed by atoms with Gasteiger partial charge in [0.05, 0.1) is 33.9 Å². The molecule has 0 saturated heterocycles. The Hall–Kier alpha value is -3.52. The number of benzene rings is 1. The maximum atomic E-state index is 6.05. The standard InChI is InChI=1S/C22H20N6OS/c1-13-3-6-15(12-24-13)19-17-9-10-18-21(30-22(23)26-18)20(17)28(27-19)16-7-4-14(5-8-16)11-25-29-2/h3-8,11-12H,9-10H2,1-2H3,(H2,23,26). The lowest BCUT2D eigenvalue weighted by atomic mass is 9.95. The highest BCUT2D eigenvalue weighted by Crippen LogP contribution is 2.43. The van der Waals surface area contributed by atoms with Gasteiger partial charge in [-0.25, -0.2) is 9.67 Å². The molecule has 2 N–H and O–H groups in total. The predicted octanol–water partition coefficient (Wildman–Crippen LogP) is 4.03. The molecule has 5 rings (SSSR count). The van der Waals surface area contributed by atoms with Crippen LogP contribution < -0.4 is 5.73 Å². The maximum Gasteiger partial charge on any atom is 0.180 e. The third-order valence-corrected chi connectivity index (χ3v) is 6.09. The highest BCUT2D eigenvalue weighted by atomic mass is 32.1. The fraction of sp³-hybridized carbons (Fsp3) is 0.182. The van der Waals surface area contributed by atoms with E-state index in [0.29, 0.717) is 5.13 Å². The summed E-state index contributed by atoms with van der Waals surface area (Å²) in [5.74, 6) is 0. The molecule has 4 aromatic rings. The van der Waals surface area contributed by atoms with Crippen LogP contribution in [0.5, 0.6) is 0 Å². The summed E-state index contributed by atoms with van der Waals surface area (Å²) < 4.78 is 2.00. The summed E-state index contributed by atoms with van der Waals surface area (Å²) in [6.07, 6.45) is 5.30. The largest absolute Gasteiger partial charge is 0.399 e. The zero-order chi connectivity index (χ0) is 20.7. The molecule has 7 nitrogen and oxygen atoms in total. The van der Waals surface area contributed by atoms with Crippen molar-refractivity contribution < 1.29 is 4.84 Å². The molecular formula is C22H20N6OS. The zero-order valence-corrected chi connectivity index (χ0v) is 17.5. The number of nitrogen functional groups attached to an aromatic ring is 1. The van der Waals surface area contributed by atoms with Crippen LogP contribution >= 0.6 is 11.3 Å². The Kier molecular flexibility index (Phi) is 4.55. The van der Waals surface area contributed by atoms with E-state index in [4.69, 9.17) is 15.7 Å². The third-order valence-electron chi connectivity index (χ3n) is 5.15. The summed E-state index contributed by atoms with van der Waals surface area (Å²) in [5, 5.41) is 9.43. The summed E-state index contributed by atoms with van der Waals surface area (Å²) in [5.41, 5.74) is 14.2. The molecule has 8 heteroatoms. The minimum absolute atomic E-state index is 0.588. The van der Waals surface area contributed by atoms with Crippen LogP contribution in [0.3, 0.4) is 0 Å². The molecule has 150 valence electrons. The fourth-order valence-corrected chi connectivity index (χ4v) is 4.67. The van der Waals surface area contributed by atoms with E-state index >= 15 is 0 Å². The minimum Gasteiger partial charge on any atom is -0.399 e. The average molecular weight is 417 g/mol. The van der Waals surface area contributed by atoms with Gasteiger partial charge in [-0.05, 0) is 49.6 Å². The normalized spacial score (nSPS) is 12.7. The maximum absolute atomic E-state index is 6.05. The number of oxime groups is 1. The summed E-state index contributed by atoms with van der Waals surface area (Å²) in [4.78, 5) is 14.9. The van der Waals surface area contributed by atoms with Crippen LogP contribution in [0.4, 0.5) is 5.13 Å². The molecule has 0 fully saturated rings. The first-order chi connectivity index (χ1) is 14.6. The Balaban J connectivity index is 1.69. The summed E-state index contributed by atoms with van der Waals surface area (Å²) in [6, 6.07) is 12.1. The lowest BCUT2D eigenvalue weighted by Gasteiger charge is -2.14. The van der Waals surface area contributed by atoms with Gasteiger partial charge in [-0.2, -0.15) is 5.10 Å². The van der Waals surface area contributed by atoms with E-state index in [-0.39, 0.29) is 0 Å². The molecule has 0 amide bonds. The van der Waals surface area contributed by atoms with Crippen LogP contribution in [0, 0.1) is 6.92 Å². The van der Waals surface area contributed by atoms with Gasteiger partial charge in [-0.1, -0.05) is 28.6 Å². The van der Waals surface area contributed by atoms with E-state index < -0.39 is 0 Å². The highest BCUT2D eigenvalue weighted by molar-refractivity contribution is 7.18. The molecule has 0 atom stereocenters. The van der Waals surface area contributed by atoms with Crippen LogP contribution in [-0.2, 0) is 17.7 Å². The number of fused-ring (bicyclic) bond motifs is 3. The van der Waals surface area contributed by atoms with E-state index in [9.17, 15) is 0 Å². The first-order valence-corrected chi connectivity index (χ1v) is 10.4. The molecule has 0 radical (unpaired) electrons. The molecular weight excluding hydrogens is 396 g/mol. The van der Waals surface area contributed by atoms with Gasteiger partial charge in [0.25, 0.3) is 0 Å². The van der Waals surface area contributed by atoms with Crippen LogP contribution in [-0.4, -0.2) is 33.1 Å². The van der Waals surface area contributed by atoms with Gasteiger partial charge in [0.2, 0.25) is 0 Å². The van der Waals surface area contributed by atoms with Crippen LogP contribution in [0.1, 0.15) is 22.5 Å². The summed E-state index contributed by atoms with van der Waals surface area (Å²) >= 11 is 1.52. The van der Waals surface area contributed by atoms with Crippen molar-refractivity contribution in [2.75, 3.05) is 12.8 Å². The lowest BCUT2D eigenvalue weighted by molar-refractivity contribution is 0.215. The molecule has 3 heterocycles. The second-order valence-electron chi connectivity index (χ2n) is 7.11. The van der Waals surface area contributed by atoms with Gasteiger partial charge < -0.3 is 10.6 Å². The van der Waals surface area contributed by atoms with Gasteiger partial charge in [0.15, 0.2) is 5.13 Å². The van der Waals surface area contributed by atoms with Crippen molar-refractivity contribution in [1.82, 2.24) is 19.7 Å². The number of aromatic nitrogens is 4.